The van der Waals surface area contributed by atoms with Crippen molar-refractivity contribution in [2.45, 2.75) is 13.8 Å². The van der Waals surface area contributed by atoms with Crippen LogP contribution < -0.4 is 16.4 Å². The number of rotatable bonds is 7. The van der Waals surface area contributed by atoms with Gasteiger partial charge in [0.1, 0.15) is 12.0 Å². The first-order valence-corrected chi connectivity index (χ1v) is 8.84. The van der Waals surface area contributed by atoms with Gasteiger partial charge in [-0.25, -0.2) is 14.8 Å². The normalized spacial score (nSPS) is 10.5. The first-order chi connectivity index (χ1) is 13.5. The molecule has 0 aliphatic carbocycles. The van der Waals surface area contributed by atoms with E-state index in [2.05, 4.69) is 25.6 Å². The molecule has 8 nitrogen and oxygen atoms in total. The second-order valence-corrected chi connectivity index (χ2v) is 6.55. The Balaban J connectivity index is 1.70. The molecule has 0 spiro atoms. The minimum Gasteiger partial charge on any atom is -0.462 e. The molecule has 1 aromatic carbocycles. The molecule has 0 atom stereocenters. The van der Waals surface area contributed by atoms with Crippen molar-refractivity contribution in [3.05, 3.63) is 60.7 Å². The van der Waals surface area contributed by atoms with Gasteiger partial charge in [0.25, 0.3) is 0 Å². The molecular formula is C20H22N6O2. The van der Waals surface area contributed by atoms with E-state index in [1.54, 1.807) is 36.7 Å². The minimum atomic E-state index is -0.343. The molecule has 28 heavy (non-hydrogen) atoms. The van der Waals surface area contributed by atoms with Crippen LogP contribution in [0.25, 0.3) is 0 Å². The van der Waals surface area contributed by atoms with Crippen LogP contribution in [-0.2, 0) is 4.74 Å². The molecular weight excluding hydrogens is 356 g/mol. The second-order valence-electron chi connectivity index (χ2n) is 6.55. The first kappa shape index (κ1) is 19.1. The minimum absolute atomic E-state index is 0.292. The van der Waals surface area contributed by atoms with E-state index in [1.165, 1.54) is 6.33 Å². The van der Waals surface area contributed by atoms with Gasteiger partial charge in [-0.05, 0) is 42.3 Å². The lowest BCUT2D eigenvalue weighted by molar-refractivity contribution is 0.0459. The Kier molecular flexibility index (Phi) is 6.01. The third-order valence-electron chi connectivity index (χ3n) is 3.74. The quantitative estimate of drug-likeness (QED) is 0.532. The number of pyridine rings is 1. The first-order valence-electron chi connectivity index (χ1n) is 8.84. The number of ether oxygens (including phenoxy) is 1. The molecule has 4 N–H and O–H groups in total. The third kappa shape index (κ3) is 4.94. The van der Waals surface area contributed by atoms with Crippen molar-refractivity contribution < 1.29 is 9.53 Å². The highest BCUT2D eigenvalue weighted by atomic mass is 16.5. The molecule has 144 valence electrons. The summed E-state index contributed by atoms with van der Waals surface area (Å²) in [5, 5.41) is 6.24. The zero-order chi connectivity index (χ0) is 19.9. The second kappa shape index (κ2) is 8.81. The van der Waals surface area contributed by atoms with Crippen LogP contribution in [0, 0.1) is 5.92 Å². The number of anilines is 5. The van der Waals surface area contributed by atoms with Crippen LogP contribution in [0.4, 0.5) is 28.7 Å². The highest BCUT2D eigenvalue weighted by molar-refractivity contribution is 5.90. The van der Waals surface area contributed by atoms with Gasteiger partial charge in [-0.2, -0.15) is 0 Å². The number of carbonyl (C=O) groups is 1. The molecule has 0 saturated carbocycles. The number of nitrogen functional groups attached to an aromatic ring is 1. The monoisotopic (exact) mass is 378 g/mol. The molecule has 0 aliphatic rings. The largest absolute Gasteiger partial charge is 0.462 e. The molecule has 0 amide bonds. The lowest BCUT2D eigenvalue weighted by Crippen LogP contribution is -2.10. The average molecular weight is 378 g/mol. The maximum absolute atomic E-state index is 12.0. The molecule has 3 aromatic rings. The van der Waals surface area contributed by atoms with E-state index in [9.17, 15) is 4.79 Å². The summed E-state index contributed by atoms with van der Waals surface area (Å²) >= 11 is 0. The average Bonchev–Trinajstić information content (AvgIpc) is 2.70. The van der Waals surface area contributed by atoms with Crippen LogP contribution in [0.15, 0.2) is 55.1 Å². The molecule has 2 heterocycles. The summed E-state index contributed by atoms with van der Waals surface area (Å²) in [7, 11) is 0. The van der Waals surface area contributed by atoms with Crippen LogP contribution in [0.2, 0.25) is 0 Å². The van der Waals surface area contributed by atoms with Crippen molar-refractivity contribution in [2.24, 2.45) is 5.92 Å². The Morgan fingerprint density at radius 3 is 2.36 bits per heavy atom. The van der Waals surface area contributed by atoms with E-state index in [4.69, 9.17) is 10.5 Å². The van der Waals surface area contributed by atoms with Crippen molar-refractivity contribution in [1.29, 1.82) is 0 Å². The van der Waals surface area contributed by atoms with E-state index in [0.717, 1.165) is 11.4 Å². The van der Waals surface area contributed by atoms with Crippen molar-refractivity contribution >= 4 is 34.7 Å². The number of nitrogens with two attached hydrogens (primary N) is 1. The standard InChI is InChI=1S/C20H22N6O2/c1-13(2)11-28-20(27)14-5-7-15(8-6-14)25-18-17(21)19(24-12-23-18)26-16-4-3-9-22-10-16/h3-10,12-13H,11,21H2,1-2H3,(H2,23,24,25,26). The van der Waals surface area contributed by atoms with E-state index < -0.39 is 0 Å². The number of hydrogen-bond acceptors (Lipinski definition) is 8. The van der Waals surface area contributed by atoms with Crippen molar-refractivity contribution in [1.82, 2.24) is 15.0 Å². The zero-order valence-electron chi connectivity index (χ0n) is 15.7. The molecule has 3 rings (SSSR count). The van der Waals surface area contributed by atoms with E-state index in [0.29, 0.717) is 35.4 Å². The van der Waals surface area contributed by atoms with E-state index in [1.807, 2.05) is 26.0 Å². The fourth-order valence-electron chi connectivity index (χ4n) is 2.32. The Labute approximate surface area is 163 Å². The summed E-state index contributed by atoms with van der Waals surface area (Å²) < 4.78 is 5.23. The van der Waals surface area contributed by atoms with Gasteiger partial charge in [-0.15, -0.1) is 0 Å². The number of aromatic nitrogens is 3. The molecule has 0 fully saturated rings. The fraction of sp³-hybridized carbons (Fsp3) is 0.200. The summed E-state index contributed by atoms with van der Waals surface area (Å²) in [6.07, 6.45) is 4.77. The van der Waals surface area contributed by atoms with Gasteiger partial charge < -0.3 is 21.1 Å². The van der Waals surface area contributed by atoms with Gasteiger partial charge in [0.05, 0.1) is 24.1 Å². The molecule has 0 radical (unpaired) electrons. The summed E-state index contributed by atoms with van der Waals surface area (Å²) in [6.45, 7) is 4.37. The SMILES string of the molecule is CC(C)COC(=O)c1ccc(Nc2ncnc(Nc3cccnc3)c2N)cc1. The van der Waals surface area contributed by atoms with Gasteiger partial charge in [-0.3, -0.25) is 4.98 Å². The number of nitrogens with zero attached hydrogens (tertiary/aromatic N) is 3. The van der Waals surface area contributed by atoms with Crippen LogP contribution in [0.1, 0.15) is 24.2 Å². The fourth-order valence-corrected chi connectivity index (χ4v) is 2.32. The number of benzene rings is 1. The molecule has 2 aromatic heterocycles. The van der Waals surface area contributed by atoms with Crippen molar-refractivity contribution in [3.63, 3.8) is 0 Å². The number of esters is 1. The summed E-state index contributed by atoms with van der Waals surface area (Å²) in [5.41, 5.74) is 8.54. The molecule has 0 bridgehead atoms. The molecule has 8 heteroatoms. The molecule has 0 unspecified atom stereocenters. The lowest BCUT2D eigenvalue weighted by atomic mass is 10.2. The van der Waals surface area contributed by atoms with Crippen molar-refractivity contribution in [3.8, 4) is 0 Å². The van der Waals surface area contributed by atoms with E-state index in [-0.39, 0.29) is 5.97 Å². The van der Waals surface area contributed by atoms with Crippen LogP contribution in [-0.4, -0.2) is 27.5 Å². The summed E-state index contributed by atoms with van der Waals surface area (Å²) in [4.78, 5) is 24.4. The van der Waals surface area contributed by atoms with Gasteiger partial charge in [0.2, 0.25) is 0 Å². The maximum Gasteiger partial charge on any atom is 0.338 e. The number of nitrogens with one attached hydrogen (secondary N) is 2. The highest BCUT2D eigenvalue weighted by Crippen LogP contribution is 2.27. The topological polar surface area (TPSA) is 115 Å². The van der Waals surface area contributed by atoms with Crippen LogP contribution >= 0.6 is 0 Å². The predicted octanol–water partition coefficient (Wildman–Crippen LogP) is 3.75. The van der Waals surface area contributed by atoms with Crippen LogP contribution in [0.5, 0.6) is 0 Å². The summed E-state index contributed by atoms with van der Waals surface area (Å²) in [6, 6.07) is 10.6. The Hall–Kier alpha value is -3.68. The zero-order valence-corrected chi connectivity index (χ0v) is 15.7. The third-order valence-corrected chi connectivity index (χ3v) is 3.74. The number of hydrogen-bond donors (Lipinski definition) is 3. The Morgan fingerprint density at radius 2 is 1.75 bits per heavy atom. The lowest BCUT2D eigenvalue weighted by Gasteiger charge is -2.13. The van der Waals surface area contributed by atoms with Crippen LogP contribution in [0.3, 0.4) is 0 Å². The van der Waals surface area contributed by atoms with Crippen molar-refractivity contribution in [2.75, 3.05) is 23.0 Å². The Morgan fingerprint density at radius 1 is 1.07 bits per heavy atom. The maximum atomic E-state index is 12.0. The number of carbonyl (C=O) groups excluding carboxylic acids is 1. The van der Waals surface area contributed by atoms with E-state index >= 15 is 0 Å². The predicted molar refractivity (Wildman–Crippen MR) is 109 cm³/mol. The van der Waals surface area contributed by atoms with Gasteiger partial charge in [-0.1, -0.05) is 13.8 Å². The highest BCUT2D eigenvalue weighted by Gasteiger charge is 2.11. The van der Waals surface area contributed by atoms with Gasteiger partial charge >= 0.3 is 5.97 Å². The van der Waals surface area contributed by atoms with Gasteiger partial charge in [0.15, 0.2) is 11.6 Å². The Bertz CT molecular complexity index is 929. The molecule has 0 saturated heterocycles. The smallest absolute Gasteiger partial charge is 0.338 e. The van der Waals surface area contributed by atoms with Gasteiger partial charge in [0, 0.05) is 11.9 Å². The molecule has 0 aliphatic heterocycles. The summed E-state index contributed by atoms with van der Waals surface area (Å²) in [5.74, 6) is 0.876.